The van der Waals surface area contributed by atoms with Crippen LogP contribution in [0.1, 0.15) is 30.1 Å². The summed E-state index contributed by atoms with van der Waals surface area (Å²) in [6.07, 6.45) is 1.70. The standard InChI is InChI=1S/C14H16ClN3O2S/c1-10(15)14-17-12-5-4-11(9-16)8-13(12)18(14)6-3-7-21(2,19)20/h4-5,8,10H,3,6-7H2,1-2H3. The fourth-order valence-electron chi connectivity index (χ4n) is 2.23. The summed E-state index contributed by atoms with van der Waals surface area (Å²) < 4.78 is 24.4. The zero-order valence-corrected chi connectivity index (χ0v) is 13.4. The molecule has 0 spiro atoms. The van der Waals surface area contributed by atoms with Crippen molar-refractivity contribution < 1.29 is 8.42 Å². The van der Waals surface area contributed by atoms with Gasteiger partial charge in [-0.3, -0.25) is 0 Å². The maximum Gasteiger partial charge on any atom is 0.147 e. The second-order valence-electron chi connectivity index (χ2n) is 5.04. The van der Waals surface area contributed by atoms with Crippen molar-refractivity contribution in [3.63, 3.8) is 0 Å². The molecule has 0 radical (unpaired) electrons. The van der Waals surface area contributed by atoms with E-state index in [0.717, 1.165) is 11.0 Å². The number of nitriles is 1. The normalized spacial score (nSPS) is 13.2. The molecular formula is C14H16ClN3O2S. The minimum Gasteiger partial charge on any atom is -0.327 e. The second kappa shape index (κ2) is 6.04. The number of rotatable bonds is 5. The van der Waals surface area contributed by atoms with E-state index in [-0.39, 0.29) is 11.1 Å². The number of imidazole rings is 1. The lowest BCUT2D eigenvalue weighted by Gasteiger charge is -2.10. The summed E-state index contributed by atoms with van der Waals surface area (Å²) in [5, 5.41) is 8.71. The van der Waals surface area contributed by atoms with Gasteiger partial charge in [-0.05, 0) is 31.5 Å². The average Bonchev–Trinajstić information content (AvgIpc) is 2.75. The lowest BCUT2D eigenvalue weighted by atomic mass is 10.2. The third kappa shape index (κ3) is 3.74. The Bertz CT molecular complexity index is 803. The lowest BCUT2D eigenvalue weighted by molar-refractivity contribution is 0.590. The van der Waals surface area contributed by atoms with Crippen LogP contribution < -0.4 is 0 Å². The summed E-state index contributed by atoms with van der Waals surface area (Å²) in [7, 11) is -3.00. The number of alkyl halides is 1. The zero-order chi connectivity index (χ0) is 15.6. The van der Waals surface area contributed by atoms with E-state index in [0.29, 0.717) is 24.4 Å². The number of benzene rings is 1. The molecule has 7 heteroatoms. The fourth-order valence-corrected chi connectivity index (χ4v) is 3.05. The fraction of sp³-hybridized carbons (Fsp3) is 0.429. The van der Waals surface area contributed by atoms with Gasteiger partial charge in [-0.25, -0.2) is 13.4 Å². The van der Waals surface area contributed by atoms with Gasteiger partial charge in [0.15, 0.2) is 0 Å². The van der Waals surface area contributed by atoms with Gasteiger partial charge in [0, 0.05) is 12.8 Å². The molecule has 0 bridgehead atoms. The van der Waals surface area contributed by atoms with E-state index in [1.165, 1.54) is 6.26 Å². The van der Waals surface area contributed by atoms with Crippen LogP contribution in [0.25, 0.3) is 11.0 Å². The Morgan fingerprint density at radius 2 is 2.19 bits per heavy atom. The Hall–Kier alpha value is -1.58. The SMILES string of the molecule is CC(Cl)c1nc2ccc(C#N)cc2n1CCCS(C)(=O)=O. The first-order valence-electron chi connectivity index (χ1n) is 6.54. The molecule has 0 aliphatic rings. The largest absolute Gasteiger partial charge is 0.327 e. The smallest absolute Gasteiger partial charge is 0.147 e. The van der Waals surface area contributed by atoms with Gasteiger partial charge in [0.2, 0.25) is 0 Å². The topological polar surface area (TPSA) is 75.8 Å². The molecule has 0 fully saturated rings. The first-order chi connectivity index (χ1) is 9.81. The highest BCUT2D eigenvalue weighted by Crippen LogP contribution is 2.25. The molecule has 0 N–H and O–H groups in total. The van der Waals surface area contributed by atoms with Crippen molar-refractivity contribution in [3.05, 3.63) is 29.6 Å². The number of aromatic nitrogens is 2. The van der Waals surface area contributed by atoms with Crippen LogP contribution in [0.4, 0.5) is 0 Å². The van der Waals surface area contributed by atoms with Crippen LogP contribution >= 0.6 is 11.6 Å². The summed E-state index contributed by atoms with van der Waals surface area (Å²) in [6.45, 7) is 2.33. The molecular weight excluding hydrogens is 310 g/mol. The molecule has 0 saturated carbocycles. The number of fused-ring (bicyclic) bond motifs is 1. The van der Waals surface area contributed by atoms with Crippen molar-refractivity contribution in [2.45, 2.75) is 25.3 Å². The molecule has 1 aromatic heterocycles. The maximum absolute atomic E-state index is 11.2. The van der Waals surface area contributed by atoms with Gasteiger partial charge >= 0.3 is 0 Å². The minimum absolute atomic E-state index is 0.112. The quantitative estimate of drug-likeness (QED) is 0.792. The van der Waals surface area contributed by atoms with Crippen LogP contribution in [0.5, 0.6) is 0 Å². The highest BCUT2D eigenvalue weighted by molar-refractivity contribution is 7.90. The van der Waals surface area contributed by atoms with E-state index in [4.69, 9.17) is 16.9 Å². The lowest BCUT2D eigenvalue weighted by Crippen LogP contribution is -2.10. The van der Waals surface area contributed by atoms with Crippen LogP contribution in [0.3, 0.4) is 0 Å². The highest BCUT2D eigenvalue weighted by Gasteiger charge is 2.15. The second-order valence-corrected chi connectivity index (χ2v) is 7.95. The van der Waals surface area contributed by atoms with Gasteiger partial charge in [-0.1, -0.05) is 0 Å². The summed E-state index contributed by atoms with van der Waals surface area (Å²) >= 11 is 6.16. The van der Waals surface area contributed by atoms with Crippen LogP contribution in [0.15, 0.2) is 18.2 Å². The molecule has 1 heterocycles. The predicted octanol–water partition coefficient (Wildman–Crippen LogP) is 2.64. The van der Waals surface area contributed by atoms with Crippen molar-refractivity contribution in [1.82, 2.24) is 9.55 Å². The Morgan fingerprint density at radius 3 is 2.76 bits per heavy atom. The van der Waals surface area contributed by atoms with Gasteiger partial charge in [-0.15, -0.1) is 11.6 Å². The zero-order valence-electron chi connectivity index (χ0n) is 11.9. The Labute approximate surface area is 129 Å². The van der Waals surface area contributed by atoms with Crippen LogP contribution in [-0.2, 0) is 16.4 Å². The number of aryl methyl sites for hydroxylation is 1. The van der Waals surface area contributed by atoms with Gasteiger partial charge in [0.25, 0.3) is 0 Å². The van der Waals surface area contributed by atoms with Crippen molar-refractivity contribution in [2.24, 2.45) is 0 Å². The van der Waals surface area contributed by atoms with E-state index in [2.05, 4.69) is 11.1 Å². The van der Waals surface area contributed by atoms with E-state index >= 15 is 0 Å². The van der Waals surface area contributed by atoms with Crippen LogP contribution in [0, 0.1) is 11.3 Å². The predicted molar refractivity (Wildman–Crippen MR) is 83.0 cm³/mol. The van der Waals surface area contributed by atoms with Gasteiger partial charge in [0.05, 0.1) is 33.8 Å². The Morgan fingerprint density at radius 1 is 1.48 bits per heavy atom. The van der Waals surface area contributed by atoms with Crippen molar-refractivity contribution >= 4 is 32.5 Å². The third-order valence-electron chi connectivity index (χ3n) is 3.16. The van der Waals surface area contributed by atoms with Gasteiger partial charge in [0.1, 0.15) is 15.7 Å². The highest BCUT2D eigenvalue weighted by atomic mass is 35.5. The molecule has 0 amide bonds. The van der Waals surface area contributed by atoms with E-state index in [9.17, 15) is 8.42 Å². The first kappa shape index (κ1) is 15.8. The number of halogens is 1. The molecule has 5 nitrogen and oxygen atoms in total. The minimum atomic E-state index is -3.00. The third-order valence-corrected chi connectivity index (χ3v) is 4.38. The van der Waals surface area contributed by atoms with Gasteiger partial charge < -0.3 is 4.57 Å². The van der Waals surface area contributed by atoms with Crippen molar-refractivity contribution in [3.8, 4) is 6.07 Å². The number of sulfone groups is 1. The average molecular weight is 326 g/mol. The first-order valence-corrected chi connectivity index (χ1v) is 9.03. The molecule has 1 unspecified atom stereocenters. The summed E-state index contributed by atoms with van der Waals surface area (Å²) in [4.78, 5) is 4.47. The molecule has 2 aromatic rings. The van der Waals surface area contributed by atoms with Gasteiger partial charge in [-0.2, -0.15) is 5.26 Å². The van der Waals surface area contributed by atoms with Crippen LogP contribution in [-0.4, -0.2) is 30.0 Å². The molecule has 0 aliphatic heterocycles. The van der Waals surface area contributed by atoms with E-state index < -0.39 is 9.84 Å². The monoisotopic (exact) mass is 325 g/mol. The maximum atomic E-state index is 11.2. The summed E-state index contributed by atoms with van der Waals surface area (Å²) in [5.41, 5.74) is 2.11. The molecule has 1 aromatic carbocycles. The van der Waals surface area contributed by atoms with Crippen molar-refractivity contribution in [1.29, 1.82) is 5.26 Å². The van der Waals surface area contributed by atoms with E-state index in [1.54, 1.807) is 18.2 Å². The number of nitrogens with zero attached hydrogens (tertiary/aromatic N) is 3. The number of hydrogen-bond acceptors (Lipinski definition) is 4. The Balaban J connectivity index is 2.42. The van der Waals surface area contributed by atoms with E-state index in [1.807, 2.05) is 11.5 Å². The number of hydrogen-bond donors (Lipinski definition) is 0. The van der Waals surface area contributed by atoms with Crippen molar-refractivity contribution in [2.75, 3.05) is 12.0 Å². The summed E-state index contributed by atoms with van der Waals surface area (Å²) in [5.74, 6) is 0.802. The molecule has 0 aliphatic carbocycles. The van der Waals surface area contributed by atoms with Crippen LogP contribution in [0.2, 0.25) is 0 Å². The molecule has 21 heavy (non-hydrogen) atoms. The Kier molecular flexibility index (Phi) is 4.55. The summed E-state index contributed by atoms with van der Waals surface area (Å²) in [6, 6.07) is 7.34. The molecule has 112 valence electrons. The molecule has 2 rings (SSSR count). The molecule has 0 saturated heterocycles. The molecule has 1 atom stereocenters.